The normalized spacial score (nSPS) is 21.0. The van der Waals surface area contributed by atoms with Gasteiger partial charge in [-0.3, -0.25) is 0 Å². The lowest BCUT2D eigenvalue weighted by Gasteiger charge is -2.37. The Morgan fingerprint density at radius 3 is 1.86 bits per heavy atom. The molecule has 0 N–H and O–H groups in total. The number of hydrogen-bond donors (Lipinski definition) is 0. The average Bonchev–Trinajstić information content (AvgIpc) is 2.25. The molecule has 1 aliphatic rings. The van der Waals surface area contributed by atoms with E-state index < -0.39 is 0 Å². The van der Waals surface area contributed by atoms with Gasteiger partial charge < -0.3 is 9.47 Å². The molecule has 0 amide bonds. The fourth-order valence-corrected chi connectivity index (χ4v) is 1.92. The predicted molar refractivity (Wildman–Crippen MR) is 58.3 cm³/mol. The lowest BCUT2D eigenvalue weighted by molar-refractivity contribution is -0.274. The summed E-state index contributed by atoms with van der Waals surface area (Å²) < 4.78 is 11.7. The third kappa shape index (κ3) is 3.58. The molecule has 0 radical (unpaired) electrons. The van der Waals surface area contributed by atoms with Crippen LogP contribution in [0.4, 0.5) is 0 Å². The molecular weight excluding hydrogens is 176 g/mol. The molecule has 0 aromatic rings. The van der Waals surface area contributed by atoms with E-state index in [1.807, 2.05) is 0 Å². The van der Waals surface area contributed by atoms with E-state index in [-0.39, 0.29) is 5.79 Å². The Morgan fingerprint density at radius 2 is 1.43 bits per heavy atom. The molecule has 1 heterocycles. The van der Waals surface area contributed by atoms with Gasteiger partial charge in [0, 0.05) is 12.8 Å². The van der Waals surface area contributed by atoms with Crippen LogP contribution < -0.4 is 0 Å². The fraction of sp³-hybridized carbons (Fsp3) is 1.00. The third-order valence-corrected chi connectivity index (χ3v) is 2.84. The minimum absolute atomic E-state index is 0.218. The van der Waals surface area contributed by atoms with Crippen LogP contribution in [-0.2, 0) is 9.47 Å². The van der Waals surface area contributed by atoms with Gasteiger partial charge >= 0.3 is 0 Å². The second-order valence-electron chi connectivity index (χ2n) is 4.17. The Kier molecular flexibility index (Phi) is 5.49. The molecule has 0 atom stereocenters. The zero-order valence-corrected chi connectivity index (χ0v) is 9.68. The van der Waals surface area contributed by atoms with Gasteiger partial charge in [0.15, 0.2) is 5.79 Å². The Labute approximate surface area is 88.0 Å². The highest BCUT2D eigenvalue weighted by molar-refractivity contribution is 4.73. The highest BCUT2D eigenvalue weighted by Gasteiger charge is 2.32. The van der Waals surface area contributed by atoms with Crippen LogP contribution in [0, 0.1) is 0 Å². The largest absolute Gasteiger partial charge is 0.350 e. The van der Waals surface area contributed by atoms with E-state index in [9.17, 15) is 0 Å². The molecule has 0 aromatic heterocycles. The van der Waals surface area contributed by atoms with E-state index in [0.717, 1.165) is 32.5 Å². The SMILES string of the molecule is CCCCC1(CCCC)OCCCO1. The molecule has 1 aliphatic heterocycles. The maximum absolute atomic E-state index is 5.85. The van der Waals surface area contributed by atoms with E-state index in [4.69, 9.17) is 9.47 Å². The second-order valence-corrected chi connectivity index (χ2v) is 4.17. The van der Waals surface area contributed by atoms with E-state index >= 15 is 0 Å². The highest BCUT2D eigenvalue weighted by Crippen LogP contribution is 2.30. The summed E-state index contributed by atoms with van der Waals surface area (Å²) >= 11 is 0. The van der Waals surface area contributed by atoms with Gasteiger partial charge in [0.05, 0.1) is 13.2 Å². The number of ether oxygens (including phenoxy) is 2. The van der Waals surface area contributed by atoms with E-state index in [1.165, 1.54) is 25.7 Å². The molecule has 1 rings (SSSR count). The van der Waals surface area contributed by atoms with Crippen molar-refractivity contribution in [2.24, 2.45) is 0 Å². The molecule has 2 heteroatoms. The van der Waals surface area contributed by atoms with Crippen molar-refractivity contribution >= 4 is 0 Å². The van der Waals surface area contributed by atoms with Crippen molar-refractivity contribution < 1.29 is 9.47 Å². The van der Waals surface area contributed by atoms with Gasteiger partial charge in [-0.05, 0) is 19.3 Å². The van der Waals surface area contributed by atoms with Gasteiger partial charge in [-0.1, -0.05) is 26.7 Å². The first-order valence-electron chi connectivity index (χ1n) is 6.11. The topological polar surface area (TPSA) is 18.5 Å². The van der Waals surface area contributed by atoms with Crippen LogP contribution >= 0.6 is 0 Å². The van der Waals surface area contributed by atoms with Crippen LogP contribution in [0.3, 0.4) is 0 Å². The molecule has 2 nitrogen and oxygen atoms in total. The molecule has 1 fully saturated rings. The summed E-state index contributed by atoms with van der Waals surface area (Å²) in [5.41, 5.74) is 0. The number of unbranched alkanes of at least 4 members (excludes halogenated alkanes) is 2. The molecular formula is C12H24O2. The quantitative estimate of drug-likeness (QED) is 0.653. The lowest BCUT2D eigenvalue weighted by Crippen LogP contribution is -2.40. The first kappa shape index (κ1) is 12.0. The summed E-state index contributed by atoms with van der Waals surface area (Å²) in [5, 5.41) is 0. The summed E-state index contributed by atoms with van der Waals surface area (Å²) in [7, 11) is 0. The summed E-state index contributed by atoms with van der Waals surface area (Å²) in [4.78, 5) is 0. The molecule has 1 saturated heterocycles. The third-order valence-electron chi connectivity index (χ3n) is 2.84. The molecule has 0 bridgehead atoms. The summed E-state index contributed by atoms with van der Waals surface area (Å²) in [6, 6.07) is 0. The summed E-state index contributed by atoms with van der Waals surface area (Å²) in [6.45, 7) is 6.20. The standard InChI is InChI=1S/C12H24O2/c1-3-5-8-12(9-6-4-2)13-10-7-11-14-12/h3-11H2,1-2H3. The molecule has 0 saturated carbocycles. The Balaban J connectivity index is 2.39. The molecule has 0 aliphatic carbocycles. The van der Waals surface area contributed by atoms with E-state index in [1.54, 1.807) is 0 Å². The zero-order valence-electron chi connectivity index (χ0n) is 9.68. The first-order valence-corrected chi connectivity index (χ1v) is 6.11. The van der Waals surface area contributed by atoms with Crippen molar-refractivity contribution in [3.63, 3.8) is 0 Å². The van der Waals surface area contributed by atoms with Crippen LogP contribution in [0.15, 0.2) is 0 Å². The van der Waals surface area contributed by atoms with Crippen LogP contribution in [0.5, 0.6) is 0 Å². The van der Waals surface area contributed by atoms with Crippen LogP contribution in [0.1, 0.15) is 58.8 Å². The van der Waals surface area contributed by atoms with Gasteiger partial charge in [0.25, 0.3) is 0 Å². The summed E-state index contributed by atoms with van der Waals surface area (Å²) in [5.74, 6) is -0.218. The van der Waals surface area contributed by atoms with Crippen molar-refractivity contribution in [1.29, 1.82) is 0 Å². The smallest absolute Gasteiger partial charge is 0.168 e. The first-order chi connectivity index (χ1) is 6.83. The van der Waals surface area contributed by atoms with Crippen molar-refractivity contribution in [2.45, 2.75) is 64.6 Å². The molecule has 84 valence electrons. The molecule has 0 spiro atoms. The van der Waals surface area contributed by atoms with Gasteiger partial charge in [0.2, 0.25) is 0 Å². The lowest BCUT2D eigenvalue weighted by atomic mass is 10.0. The zero-order chi connectivity index (χ0) is 10.3. The van der Waals surface area contributed by atoms with E-state index in [0.29, 0.717) is 0 Å². The second kappa shape index (κ2) is 6.41. The van der Waals surface area contributed by atoms with Gasteiger partial charge in [0.1, 0.15) is 0 Å². The fourth-order valence-electron chi connectivity index (χ4n) is 1.92. The Bertz CT molecular complexity index is 129. The van der Waals surface area contributed by atoms with Crippen molar-refractivity contribution in [1.82, 2.24) is 0 Å². The number of rotatable bonds is 6. The maximum Gasteiger partial charge on any atom is 0.168 e. The average molecular weight is 200 g/mol. The van der Waals surface area contributed by atoms with Gasteiger partial charge in [-0.25, -0.2) is 0 Å². The van der Waals surface area contributed by atoms with Gasteiger partial charge in [-0.2, -0.15) is 0 Å². The van der Waals surface area contributed by atoms with Crippen molar-refractivity contribution in [3.8, 4) is 0 Å². The highest BCUT2D eigenvalue weighted by atomic mass is 16.7. The minimum atomic E-state index is -0.218. The predicted octanol–water partition coefficient (Wildman–Crippen LogP) is 3.50. The van der Waals surface area contributed by atoms with Crippen LogP contribution in [0.2, 0.25) is 0 Å². The van der Waals surface area contributed by atoms with Gasteiger partial charge in [-0.15, -0.1) is 0 Å². The maximum atomic E-state index is 5.85. The number of hydrogen-bond acceptors (Lipinski definition) is 2. The van der Waals surface area contributed by atoms with Crippen molar-refractivity contribution in [2.75, 3.05) is 13.2 Å². The Morgan fingerprint density at radius 1 is 0.929 bits per heavy atom. The van der Waals surface area contributed by atoms with Crippen LogP contribution in [0.25, 0.3) is 0 Å². The van der Waals surface area contributed by atoms with E-state index in [2.05, 4.69) is 13.8 Å². The summed E-state index contributed by atoms with van der Waals surface area (Å²) in [6.07, 6.45) is 8.07. The molecule has 0 aromatic carbocycles. The van der Waals surface area contributed by atoms with Crippen molar-refractivity contribution in [3.05, 3.63) is 0 Å². The Hall–Kier alpha value is -0.0800. The molecule has 0 unspecified atom stereocenters. The van der Waals surface area contributed by atoms with Crippen LogP contribution in [-0.4, -0.2) is 19.0 Å². The monoisotopic (exact) mass is 200 g/mol. The molecule has 14 heavy (non-hydrogen) atoms. The minimum Gasteiger partial charge on any atom is -0.350 e.